The Morgan fingerprint density at radius 2 is 1.94 bits per heavy atom. The van der Waals surface area contributed by atoms with E-state index in [-0.39, 0.29) is 5.56 Å². The van der Waals surface area contributed by atoms with Crippen LogP contribution < -0.4 is 4.90 Å². The molecule has 0 saturated carbocycles. The van der Waals surface area contributed by atoms with E-state index in [1.54, 1.807) is 6.07 Å². The van der Waals surface area contributed by atoms with Gasteiger partial charge in [0.2, 0.25) is 0 Å². The van der Waals surface area contributed by atoms with E-state index in [4.69, 9.17) is 5.26 Å². The van der Waals surface area contributed by atoms with E-state index in [1.165, 1.54) is 12.5 Å². The lowest BCUT2D eigenvalue weighted by Gasteiger charge is -2.30. The Morgan fingerprint density at radius 3 is 2.56 bits per heavy atom. The largest absolute Gasteiger partial charge is 0.370 e. The third kappa shape index (κ3) is 1.88. The Kier molecular flexibility index (Phi) is 3.09. The van der Waals surface area contributed by atoms with Crippen LogP contribution in [0.3, 0.4) is 0 Å². The number of hydrogen-bond donors (Lipinski definition) is 0. The van der Waals surface area contributed by atoms with Gasteiger partial charge in [-0.1, -0.05) is 6.07 Å². The summed E-state index contributed by atoms with van der Waals surface area (Å²) < 4.78 is 13.5. The molecule has 84 valence electrons. The second-order valence-corrected chi connectivity index (χ2v) is 4.25. The van der Waals surface area contributed by atoms with Crippen LogP contribution in [-0.2, 0) is 0 Å². The maximum absolute atomic E-state index is 13.5. The van der Waals surface area contributed by atoms with Gasteiger partial charge in [0.1, 0.15) is 17.4 Å². The van der Waals surface area contributed by atoms with Crippen molar-refractivity contribution in [3.63, 3.8) is 0 Å². The summed E-state index contributed by atoms with van der Waals surface area (Å²) in [7, 11) is 0. The quantitative estimate of drug-likeness (QED) is 0.724. The van der Waals surface area contributed by atoms with Gasteiger partial charge in [0, 0.05) is 13.1 Å². The fraction of sp³-hybridized carbons (Fsp3) is 0.462. The van der Waals surface area contributed by atoms with Crippen molar-refractivity contribution in [2.24, 2.45) is 0 Å². The molecule has 2 nitrogen and oxygen atoms in total. The van der Waals surface area contributed by atoms with E-state index < -0.39 is 5.82 Å². The molecule has 16 heavy (non-hydrogen) atoms. The molecule has 1 aromatic carbocycles. The minimum absolute atomic E-state index is 0.196. The predicted octanol–water partition coefficient (Wildman–Crippen LogP) is 3.00. The number of nitriles is 1. The van der Waals surface area contributed by atoms with Gasteiger partial charge in [0.05, 0.1) is 5.69 Å². The van der Waals surface area contributed by atoms with Gasteiger partial charge in [-0.05, 0) is 37.8 Å². The Balaban J connectivity index is 2.45. The number of rotatable bonds is 1. The van der Waals surface area contributed by atoms with Gasteiger partial charge in [0.25, 0.3) is 0 Å². The molecule has 1 aliphatic heterocycles. The fourth-order valence-corrected chi connectivity index (χ4v) is 2.30. The van der Waals surface area contributed by atoms with Crippen LogP contribution in [0.4, 0.5) is 10.1 Å². The second-order valence-electron chi connectivity index (χ2n) is 4.25. The van der Waals surface area contributed by atoms with Gasteiger partial charge in [-0.25, -0.2) is 4.39 Å². The summed E-state index contributed by atoms with van der Waals surface area (Å²) in [6.45, 7) is 3.79. The van der Waals surface area contributed by atoms with Crippen molar-refractivity contribution in [1.29, 1.82) is 5.26 Å². The van der Waals surface area contributed by atoms with Crippen molar-refractivity contribution in [3.8, 4) is 6.07 Å². The molecule has 0 aromatic heterocycles. The maximum Gasteiger partial charge on any atom is 0.143 e. The van der Waals surface area contributed by atoms with E-state index in [9.17, 15) is 4.39 Å². The van der Waals surface area contributed by atoms with Crippen LogP contribution in [0.2, 0.25) is 0 Å². The molecule has 0 amide bonds. The molecule has 1 aromatic rings. The van der Waals surface area contributed by atoms with Gasteiger partial charge >= 0.3 is 0 Å². The number of benzene rings is 1. The molecule has 3 heteroatoms. The van der Waals surface area contributed by atoms with Crippen molar-refractivity contribution in [3.05, 3.63) is 29.1 Å². The number of hydrogen-bond acceptors (Lipinski definition) is 2. The molecule has 0 aliphatic carbocycles. The Morgan fingerprint density at radius 1 is 1.25 bits per heavy atom. The molecule has 1 heterocycles. The Labute approximate surface area is 95.3 Å². The van der Waals surface area contributed by atoms with Gasteiger partial charge in [-0.2, -0.15) is 5.26 Å². The zero-order valence-electron chi connectivity index (χ0n) is 9.46. The first kappa shape index (κ1) is 10.9. The number of anilines is 1. The molecule has 1 aliphatic rings. The standard InChI is InChI=1S/C13H15FN2/c1-10-5-6-12(14)11(9-15)13(10)16-7-3-2-4-8-16/h5-6H,2-4,7-8H2,1H3. The summed E-state index contributed by atoms with van der Waals surface area (Å²) >= 11 is 0. The van der Waals surface area contributed by atoms with Crippen LogP contribution >= 0.6 is 0 Å². The highest BCUT2D eigenvalue weighted by atomic mass is 19.1. The molecule has 0 N–H and O–H groups in total. The SMILES string of the molecule is Cc1ccc(F)c(C#N)c1N1CCCCC1. The highest BCUT2D eigenvalue weighted by Gasteiger charge is 2.19. The average Bonchev–Trinajstić information content (AvgIpc) is 2.33. The molecule has 0 radical (unpaired) electrons. The van der Waals surface area contributed by atoms with E-state index in [0.717, 1.165) is 37.2 Å². The lowest BCUT2D eigenvalue weighted by atomic mass is 10.0. The maximum atomic E-state index is 13.5. The normalized spacial score (nSPS) is 15.9. The smallest absolute Gasteiger partial charge is 0.143 e. The lowest BCUT2D eigenvalue weighted by molar-refractivity contribution is 0.572. The summed E-state index contributed by atoms with van der Waals surface area (Å²) in [5.74, 6) is -0.409. The summed E-state index contributed by atoms with van der Waals surface area (Å²) in [5.41, 5.74) is 1.98. The van der Waals surface area contributed by atoms with Gasteiger partial charge in [-0.3, -0.25) is 0 Å². The number of nitrogens with zero attached hydrogens (tertiary/aromatic N) is 2. The topological polar surface area (TPSA) is 27.0 Å². The summed E-state index contributed by atoms with van der Waals surface area (Å²) in [4.78, 5) is 2.14. The number of halogens is 1. The first-order valence-corrected chi connectivity index (χ1v) is 5.68. The third-order valence-electron chi connectivity index (χ3n) is 3.11. The van der Waals surface area contributed by atoms with E-state index >= 15 is 0 Å². The first-order valence-electron chi connectivity index (χ1n) is 5.68. The summed E-state index contributed by atoms with van der Waals surface area (Å²) in [6.07, 6.45) is 3.48. The third-order valence-corrected chi connectivity index (χ3v) is 3.11. The first-order chi connectivity index (χ1) is 7.74. The molecule has 0 spiro atoms. The zero-order valence-corrected chi connectivity index (χ0v) is 9.46. The van der Waals surface area contributed by atoms with Crippen molar-refractivity contribution in [2.75, 3.05) is 18.0 Å². The highest BCUT2D eigenvalue weighted by molar-refractivity contribution is 5.64. The second kappa shape index (κ2) is 4.52. The summed E-state index contributed by atoms with van der Waals surface area (Å²) in [6, 6.07) is 5.11. The summed E-state index contributed by atoms with van der Waals surface area (Å²) in [5, 5.41) is 9.04. The molecule has 0 atom stereocenters. The molecule has 2 rings (SSSR count). The van der Waals surface area contributed by atoms with Gasteiger partial charge in [-0.15, -0.1) is 0 Å². The lowest BCUT2D eigenvalue weighted by Crippen LogP contribution is -2.30. The molecular formula is C13H15FN2. The zero-order chi connectivity index (χ0) is 11.5. The van der Waals surface area contributed by atoms with Gasteiger partial charge in [0.15, 0.2) is 0 Å². The van der Waals surface area contributed by atoms with Crippen molar-refractivity contribution >= 4 is 5.69 Å². The molecule has 0 bridgehead atoms. The van der Waals surface area contributed by atoms with Gasteiger partial charge < -0.3 is 4.90 Å². The molecule has 1 fully saturated rings. The van der Waals surface area contributed by atoms with E-state index in [0.29, 0.717) is 0 Å². The Hall–Kier alpha value is -1.56. The van der Waals surface area contributed by atoms with E-state index in [2.05, 4.69) is 4.90 Å². The van der Waals surface area contributed by atoms with Crippen LogP contribution in [0, 0.1) is 24.1 Å². The van der Waals surface area contributed by atoms with Crippen LogP contribution in [0.15, 0.2) is 12.1 Å². The average molecular weight is 218 g/mol. The fourth-order valence-electron chi connectivity index (χ4n) is 2.30. The Bertz CT molecular complexity index is 428. The molecular weight excluding hydrogens is 203 g/mol. The number of piperidine rings is 1. The van der Waals surface area contributed by atoms with Crippen molar-refractivity contribution in [2.45, 2.75) is 26.2 Å². The predicted molar refractivity (Wildman–Crippen MR) is 61.9 cm³/mol. The van der Waals surface area contributed by atoms with Crippen LogP contribution in [-0.4, -0.2) is 13.1 Å². The van der Waals surface area contributed by atoms with E-state index in [1.807, 2.05) is 13.0 Å². The molecule has 1 saturated heterocycles. The van der Waals surface area contributed by atoms with Crippen LogP contribution in [0.1, 0.15) is 30.4 Å². The van der Waals surface area contributed by atoms with Crippen LogP contribution in [0.25, 0.3) is 0 Å². The monoisotopic (exact) mass is 218 g/mol. The minimum atomic E-state index is -0.409. The number of aryl methyl sites for hydroxylation is 1. The van der Waals surface area contributed by atoms with Crippen molar-refractivity contribution < 1.29 is 4.39 Å². The molecule has 0 unspecified atom stereocenters. The van der Waals surface area contributed by atoms with Crippen molar-refractivity contribution in [1.82, 2.24) is 0 Å². The highest BCUT2D eigenvalue weighted by Crippen LogP contribution is 2.29. The van der Waals surface area contributed by atoms with Crippen LogP contribution in [0.5, 0.6) is 0 Å². The minimum Gasteiger partial charge on any atom is -0.370 e.